The van der Waals surface area contributed by atoms with E-state index in [1.165, 1.54) is 0 Å². The smallest absolute Gasteiger partial charge is 0.220 e. The number of carbonyl (C=O) groups is 1. The molecule has 0 aliphatic carbocycles. The van der Waals surface area contributed by atoms with E-state index in [1.807, 2.05) is 6.92 Å². The molecule has 0 radical (unpaired) electrons. The third-order valence-corrected chi connectivity index (χ3v) is 1.58. The Morgan fingerprint density at radius 3 is 2.86 bits per heavy atom. The van der Waals surface area contributed by atoms with Gasteiger partial charge in [0.2, 0.25) is 5.91 Å². The molecule has 0 rings (SSSR count). The second kappa shape index (κ2) is 7.14. The normalized spacial score (nSPS) is 13.7. The lowest BCUT2D eigenvalue weighted by molar-refractivity contribution is -0.122. The first-order chi connectivity index (χ1) is 6.60. The SMILES string of the molecule is COCC(C)CC(=O)NCC(N)=NO. The first-order valence-electron chi connectivity index (χ1n) is 4.32. The van der Waals surface area contributed by atoms with Crippen LogP contribution in [-0.2, 0) is 9.53 Å². The Morgan fingerprint density at radius 2 is 2.36 bits per heavy atom. The molecule has 1 amide bonds. The molecule has 0 aromatic heterocycles. The molecular weight excluding hydrogens is 186 g/mol. The molecule has 0 aromatic rings. The van der Waals surface area contributed by atoms with Crippen LogP contribution in [0, 0.1) is 5.92 Å². The van der Waals surface area contributed by atoms with Crippen molar-refractivity contribution in [2.75, 3.05) is 20.3 Å². The van der Waals surface area contributed by atoms with Gasteiger partial charge in [-0.3, -0.25) is 4.79 Å². The second-order valence-electron chi connectivity index (χ2n) is 3.13. The number of amidine groups is 1. The lowest BCUT2D eigenvalue weighted by atomic mass is 10.1. The zero-order valence-electron chi connectivity index (χ0n) is 8.49. The summed E-state index contributed by atoms with van der Waals surface area (Å²) in [5.41, 5.74) is 5.17. The van der Waals surface area contributed by atoms with E-state index < -0.39 is 0 Å². The second-order valence-corrected chi connectivity index (χ2v) is 3.13. The average molecular weight is 203 g/mol. The average Bonchev–Trinajstić information content (AvgIpc) is 2.14. The molecule has 0 aliphatic heterocycles. The van der Waals surface area contributed by atoms with Crippen LogP contribution < -0.4 is 11.1 Å². The van der Waals surface area contributed by atoms with Gasteiger partial charge in [-0.05, 0) is 5.92 Å². The molecule has 1 atom stereocenters. The summed E-state index contributed by atoms with van der Waals surface area (Å²) in [6.07, 6.45) is 0.368. The van der Waals surface area contributed by atoms with Gasteiger partial charge in [0.05, 0.1) is 6.54 Å². The zero-order valence-corrected chi connectivity index (χ0v) is 8.49. The van der Waals surface area contributed by atoms with Crippen molar-refractivity contribution in [3.8, 4) is 0 Å². The van der Waals surface area contributed by atoms with Gasteiger partial charge in [-0.1, -0.05) is 12.1 Å². The number of hydrogen-bond donors (Lipinski definition) is 3. The number of ether oxygens (including phenoxy) is 1. The Kier molecular flexibility index (Phi) is 6.47. The molecule has 0 spiro atoms. The Hall–Kier alpha value is -1.30. The predicted octanol–water partition coefficient (Wildman–Crippen LogP) is -0.478. The number of hydrogen-bond acceptors (Lipinski definition) is 4. The van der Waals surface area contributed by atoms with Gasteiger partial charge < -0.3 is 21.0 Å². The summed E-state index contributed by atoms with van der Waals surface area (Å²) in [6.45, 7) is 2.51. The highest BCUT2D eigenvalue weighted by molar-refractivity contribution is 5.86. The fraction of sp³-hybridized carbons (Fsp3) is 0.750. The Bertz CT molecular complexity index is 206. The van der Waals surface area contributed by atoms with E-state index in [1.54, 1.807) is 7.11 Å². The van der Waals surface area contributed by atoms with Crippen molar-refractivity contribution in [3.63, 3.8) is 0 Å². The van der Waals surface area contributed by atoms with Crippen LogP contribution in [0.15, 0.2) is 5.16 Å². The lowest BCUT2D eigenvalue weighted by Gasteiger charge is -2.09. The molecule has 0 saturated carbocycles. The van der Waals surface area contributed by atoms with E-state index in [9.17, 15) is 4.79 Å². The summed E-state index contributed by atoms with van der Waals surface area (Å²) in [7, 11) is 1.59. The monoisotopic (exact) mass is 203 g/mol. The van der Waals surface area contributed by atoms with Crippen LogP contribution in [0.4, 0.5) is 0 Å². The standard InChI is InChI=1S/C8H17N3O3/c1-6(5-14-2)3-8(12)10-4-7(9)11-13/h6,13H,3-5H2,1-2H3,(H2,9,11)(H,10,12). The maximum absolute atomic E-state index is 11.2. The van der Waals surface area contributed by atoms with E-state index in [0.717, 1.165) is 0 Å². The highest BCUT2D eigenvalue weighted by Crippen LogP contribution is 2.00. The van der Waals surface area contributed by atoms with E-state index >= 15 is 0 Å². The van der Waals surface area contributed by atoms with Crippen LogP contribution in [0.2, 0.25) is 0 Å². The molecule has 4 N–H and O–H groups in total. The number of carbonyl (C=O) groups excluding carboxylic acids is 1. The van der Waals surface area contributed by atoms with E-state index in [-0.39, 0.29) is 24.2 Å². The molecule has 6 heteroatoms. The number of nitrogens with two attached hydrogens (primary N) is 1. The Balaban J connectivity index is 3.65. The molecule has 82 valence electrons. The van der Waals surface area contributed by atoms with Gasteiger partial charge in [0.15, 0.2) is 5.84 Å². The third kappa shape index (κ3) is 6.24. The van der Waals surface area contributed by atoms with Crippen molar-refractivity contribution in [1.29, 1.82) is 0 Å². The zero-order chi connectivity index (χ0) is 11.0. The van der Waals surface area contributed by atoms with Gasteiger partial charge >= 0.3 is 0 Å². The molecule has 0 fully saturated rings. The van der Waals surface area contributed by atoms with Crippen LogP contribution in [-0.4, -0.2) is 37.2 Å². The minimum absolute atomic E-state index is 0.0160. The molecular formula is C8H17N3O3. The summed E-state index contributed by atoms with van der Waals surface area (Å²) in [5.74, 6) is 0.00573. The quantitative estimate of drug-likeness (QED) is 0.235. The first kappa shape index (κ1) is 12.7. The molecule has 0 aromatic carbocycles. The predicted molar refractivity (Wildman–Crippen MR) is 52.1 cm³/mol. The van der Waals surface area contributed by atoms with Gasteiger partial charge in [-0.15, -0.1) is 0 Å². The van der Waals surface area contributed by atoms with Gasteiger partial charge in [-0.25, -0.2) is 0 Å². The first-order valence-corrected chi connectivity index (χ1v) is 4.32. The van der Waals surface area contributed by atoms with E-state index in [0.29, 0.717) is 13.0 Å². The fourth-order valence-corrected chi connectivity index (χ4v) is 0.957. The minimum atomic E-state index is -0.138. The summed E-state index contributed by atoms with van der Waals surface area (Å²) in [4.78, 5) is 11.2. The van der Waals surface area contributed by atoms with E-state index in [2.05, 4.69) is 10.5 Å². The topological polar surface area (TPSA) is 96.9 Å². The highest BCUT2D eigenvalue weighted by atomic mass is 16.5. The Labute approximate surface area is 83.1 Å². The molecule has 0 heterocycles. The largest absolute Gasteiger partial charge is 0.409 e. The maximum atomic E-state index is 11.2. The number of rotatable bonds is 6. The number of nitrogens with zero attached hydrogens (tertiary/aromatic N) is 1. The van der Waals surface area contributed by atoms with Crippen LogP contribution in [0.1, 0.15) is 13.3 Å². The van der Waals surface area contributed by atoms with Crippen LogP contribution in [0.3, 0.4) is 0 Å². The van der Waals surface area contributed by atoms with Crippen molar-refractivity contribution >= 4 is 11.7 Å². The number of amides is 1. The molecule has 0 saturated heterocycles. The van der Waals surface area contributed by atoms with Crippen LogP contribution >= 0.6 is 0 Å². The summed E-state index contributed by atoms with van der Waals surface area (Å²) in [5, 5.41) is 13.4. The van der Waals surface area contributed by atoms with Crippen LogP contribution in [0.25, 0.3) is 0 Å². The lowest BCUT2D eigenvalue weighted by Crippen LogP contribution is -2.34. The number of methoxy groups -OCH3 is 1. The van der Waals surface area contributed by atoms with E-state index in [4.69, 9.17) is 15.7 Å². The fourth-order valence-electron chi connectivity index (χ4n) is 0.957. The minimum Gasteiger partial charge on any atom is -0.409 e. The van der Waals surface area contributed by atoms with Gasteiger partial charge in [-0.2, -0.15) is 0 Å². The van der Waals surface area contributed by atoms with Crippen molar-refractivity contribution in [3.05, 3.63) is 0 Å². The summed E-state index contributed by atoms with van der Waals surface area (Å²) < 4.78 is 4.88. The number of oxime groups is 1. The molecule has 6 nitrogen and oxygen atoms in total. The molecule has 14 heavy (non-hydrogen) atoms. The van der Waals surface area contributed by atoms with Crippen molar-refractivity contribution in [2.24, 2.45) is 16.8 Å². The third-order valence-electron chi connectivity index (χ3n) is 1.58. The maximum Gasteiger partial charge on any atom is 0.220 e. The Morgan fingerprint density at radius 1 is 1.71 bits per heavy atom. The van der Waals surface area contributed by atoms with Gasteiger partial charge in [0, 0.05) is 20.1 Å². The summed E-state index contributed by atoms with van der Waals surface area (Å²) in [6, 6.07) is 0. The highest BCUT2D eigenvalue weighted by Gasteiger charge is 2.08. The van der Waals surface area contributed by atoms with Crippen molar-refractivity contribution < 1.29 is 14.7 Å². The van der Waals surface area contributed by atoms with Crippen LogP contribution in [0.5, 0.6) is 0 Å². The van der Waals surface area contributed by atoms with Gasteiger partial charge in [0.25, 0.3) is 0 Å². The molecule has 0 bridgehead atoms. The summed E-state index contributed by atoms with van der Waals surface area (Å²) >= 11 is 0. The number of nitrogens with one attached hydrogen (secondary N) is 1. The molecule has 1 unspecified atom stereocenters. The van der Waals surface area contributed by atoms with Crippen molar-refractivity contribution in [2.45, 2.75) is 13.3 Å². The van der Waals surface area contributed by atoms with Crippen molar-refractivity contribution in [1.82, 2.24) is 5.32 Å². The molecule has 0 aliphatic rings. The van der Waals surface area contributed by atoms with Gasteiger partial charge in [0.1, 0.15) is 0 Å².